The molecule has 0 radical (unpaired) electrons. The third kappa shape index (κ3) is 3.29. The molecule has 150 valence electrons. The third-order valence-corrected chi connectivity index (χ3v) is 6.64. The summed E-state index contributed by atoms with van der Waals surface area (Å²) in [7, 11) is 0. The van der Waals surface area contributed by atoms with Crippen molar-refractivity contribution in [3.05, 3.63) is 48.0 Å². The van der Waals surface area contributed by atoms with Crippen LogP contribution in [0.15, 0.2) is 42.5 Å². The quantitative estimate of drug-likeness (QED) is 0.649. The molecule has 2 unspecified atom stereocenters. The fraction of sp³-hybridized carbons (Fsp3) is 0.364. The minimum absolute atomic E-state index is 0.00760. The van der Waals surface area contributed by atoms with Gasteiger partial charge in [0, 0.05) is 26.2 Å². The van der Waals surface area contributed by atoms with Crippen LogP contribution in [-0.2, 0) is 4.79 Å². The van der Waals surface area contributed by atoms with Crippen molar-refractivity contribution in [1.82, 2.24) is 9.88 Å². The Bertz CT molecular complexity index is 1060. The fourth-order valence-electron chi connectivity index (χ4n) is 3.90. The van der Waals surface area contributed by atoms with Crippen molar-refractivity contribution < 1.29 is 14.3 Å². The Hall–Kier alpha value is -2.80. The van der Waals surface area contributed by atoms with Gasteiger partial charge in [0.05, 0.1) is 10.2 Å². The lowest BCUT2D eigenvalue weighted by molar-refractivity contribution is -0.144. The molecule has 3 aromatic rings. The Morgan fingerprint density at radius 2 is 1.76 bits per heavy atom. The van der Waals surface area contributed by atoms with Gasteiger partial charge in [0.15, 0.2) is 16.6 Å². The normalized spacial score (nSPS) is 21.4. The highest BCUT2D eigenvalue weighted by Crippen LogP contribution is 2.34. The largest absolute Gasteiger partial charge is 0.482 e. The third-order valence-electron chi connectivity index (χ3n) is 5.56. The fourth-order valence-corrected chi connectivity index (χ4v) is 4.99. The van der Waals surface area contributed by atoms with Gasteiger partial charge in [-0.2, -0.15) is 0 Å². The zero-order valence-electron chi connectivity index (χ0n) is 16.5. The number of hydrogen-bond donors (Lipinski definition) is 0. The van der Waals surface area contributed by atoms with Crippen LogP contribution in [0.2, 0.25) is 0 Å². The van der Waals surface area contributed by atoms with E-state index in [1.54, 1.807) is 11.3 Å². The number of hydrogen-bond acceptors (Lipinski definition) is 6. The van der Waals surface area contributed by atoms with Crippen molar-refractivity contribution in [3.8, 4) is 11.5 Å². The van der Waals surface area contributed by atoms with Gasteiger partial charge in [-0.05, 0) is 37.6 Å². The number of carbonyl (C=O) groups is 1. The lowest BCUT2D eigenvalue weighted by Crippen LogP contribution is -2.56. The first-order valence-corrected chi connectivity index (χ1v) is 10.7. The second-order valence-corrected chi connectivity index (χ2v) is 8.55. The smallest absolute Gasteiger partial charge is 0.267 e. The molecule has 0 spiro atoms. The van der Waals surface area contributed by atoms with Crippen LogP contribution in [-0.4, -0.2) is 54.2 Å². The number of rotatable bonds is 2. The molecule has 2 aromatic carbocycles. The van der Waals surface area contributed by atoms with Crippen molar-refractivity contribution in [3.63, 3.8) is 0 Å². The van der Waals surface area contributed by atoms with E-state index < -0.39 is 6.10 Å². The molecule has 0 saturated carbocycles. The van der Waals surface area contributed by atoms with E-state index in [2.05, 4.69) is 30.0 Å². The van der Waals surface area contributed by atoms with Crippen LogP contribution in [0.3, 0.4) is 0 Å². The topological polar surface area (TPSA) is 54.9 Å². The van der Waals surface area contributed by atoms with Gasteiger partial charge in [-0.15, -0.1) is 0 Å². The number of piperazine rings is 1. The van der Waals surface area contributed by atoms with E-state index in [0.29, 0.717) is 24.6 Å². The maximum Gasteiger partial charge on any atom is 0.267 e. The first-order valence-electron chi connectivity index (χ1n) is 9.92. The van der Waals surface area contributed by atoms with Gasteiger partial charge in [-0.3, -0.25) is 4.79 Å². The molecule has 29 heavy (non-hydrogen) atoms. The summed E-state index contributed by atoms with van der Waals surface area (Å²) < 4.78 is 13.1. The zero-order chi connectivity index (χ0) is 20.0. The summed E-state index contributed by atoms with van der Waals surface area (Å²) in [6.07, 6.45) is -0.927. The van der Waals surface area contributed by atoms with Crippen molar-refractivity contribution >= 4 is 32.6 Å². The minimum atomic E-state index is -0.610. The van der Waals surface area contributed by atoms with E-state index in [4.69, 9.17) is 14.5 Å². The summed E-state index contributed by atoms with van der Waals surface area (Å²) in [5.74, 6) is 1.32. The van der Waals surface area contributed by atoms with E-state index in [9.17, 15) is 4.79 Å². The van der Waals surface area contributed by atoms with Gasteiger partial charge in [0.1, 0.15) is 6.10 Å². The molecule has 0 bridgehead atoms. The van der Waals surface area contributed by atoms with Gasteiger partial charge < -0.3 is 19.3 Å². The maximum atomic E-state index is 13.1. The van der Waals surface area contributed by atoms with Gasteiger partial charge in [-0.25, -0.2) is 4.98 Å². The number of ether oxygens (including phenoxy) is 2. The monoisotopic (exact) mass is 409 g/mol. The predicted octanol–water partition coefficient (Wildman–Crippen LogP) is 3.48. The first kappa shape index (κ1) is 18.2. The number of benzene rings is 2. The SMILES string of the molecule is Cc1cccc2sc(N3CCN(C(=O)C4Oc5ccccc5OC4C)CC3)nc12. The van der Waals surface area contributed by atoms with E-state index in [-0.39, 0.29) is 12.0 Å². The second kappa shape index (κ2) is 7.22. The minimum Gasteiger partial charge on any atom is -0.482 e. The summed E-state index contributed by atoms with van der Waals surface area (Å²) in [6.45, 7) is 6.82. The van der Waals surface area contributed by atoms with Gasteiger partial charge in [-0.1, -0.05) is 35.6 Å². The van der Waals surface area contributed by atoms with Crippen LogP contribution in [0.1, 0.15) is 12.5 Å². The van der Waals surface area contributed by atoms with Crippen LogP contribution in [0.25, 0.3) is 10.2 Å². The van der Waals surface area contributed by atoms with Crippen LogP contribution in [0, 0.1) is 6.92 Å². The highest BCUT2D eigenvalue weighted by Gasteiger charge is 2.37. The summed E-state index contributed by atoms with van der Waals surface area (Å²) in [6, 6.07) is 13.8. The Morgan fingerprint density at radius 1 is 1.03 bits per heavy atom. The average Bonchev–Trinajstić information content (AvgIpc) is 3.19. The molecule has 1 saturated heterocycles. The Balaban J connectivity index is 1.26. The Labute approximate surface area is 173 Å². The van der Waals surface area contributed by atoms with Crippen LogP contribution >= 0.6 is 11.3 Å². The molecule has 1 amide bonds. The maximum absolute atomic E-state index is 13.1. The summed E-state index contributed by atoms with van der Waals surface area (Å²) in [5, 5.41) is 1.03. The lowest BCUT2D eigenvalue weighted by Gasteiger charge is -2.38. The molecule has 2 aliphatic heterocycles. The highest BCUT2D eigenvalue weighted by atomic mass is 32.1. The molecule has 2 aliphatic rings. The molecule has 5 rings (SSSR count). The lowest BCUT2D eigenvalue weighted by atomic mass is 10.1. The Kier molecular flexibility index (Phi) is 4.54. The molecule has 2 atom stereocenters. The summed E-state index contributed by atoms with van der Waals surface area (Å²) in [4.78, 5) is 22.1. The first-order chi connectivity index (χ1) is 14.1. The van der Waals surface area contributed by atoms with Crippen molar-refractivity contribution in [1.29, 1.82) is 0 Å². The molecule has 6 nitrogen and oxygen atoms in total. The van der Waals surface area contributed by atoms with Crippen LogP contribution < -0.4 is 14.4 Å². The molecule has 0 N–H and O–H groups in total. The standard InChI is InChI=1S/C22H23N3O3S/c1-14-6-5-9-18-19(14)23-22(29-18)25-12-10-24(11-13-25)21(26)20-15(2)27-16-7-3-4-8-17(16)28-20/h3-9,15,20H,10-13H2,1-2H3. The Morgan fingerprint density at radius 3 is 2.48 bits per heavy atom. The number of amides is 1. The molecule has 3 heterocycles. The number of anilines is 1. The number of carbonyl (C=O) groups excluding carboxylic acids is 1. The molecular formula is C22H23N3O3S. The average molecular weight is 410 g/mol. The molecule has 1 fully saturated rings. The second-order valence-electron chi connectivity index (χ2n) is 7.54. The molecule has 0 aliphatic carbocycles. The highest BCUT2D eigenvalue weighted by molar-refractivity contribution is 7.22. The predicted molar refractivity (Wildman–Crippen MR) is 114 cm³/mol. The number of thiazole rings is 1. The van der Waals surface area contributed by atoms with Gasteiger partial charge in [0.2, 0.25) is 6.10 Å². The van der Waals surface area contributed by atoms with Gasteiger partial charge in [0.25, 0.3) is 5.91 Å². The molecular weight excluding hydrogens is 386 g/mol. The number of aromatic nitrogens is 1. The van der Waals surface area contributed by atoms with Crippen molar-refractivity contribution in [2.24, 2.45) is 0 Å². The van der Waals surface area contributed by atoms with E-state index in [0.717, 1.165) is 23.7 Å². The number of para-hydroxylation sites is 3. The molecule has 7 heteroatoms. The summed E-state index contributed by atoms with van der Waals surface area (Å²) >= 11 is 1.72. The van der Waals surface area contributed by atoms with Crippen LogP contribution in [0.4, 0.5) is 5.13 Å². The zero-order valence-corrected chi connectivity index (χ0v) is 17.3. The van der Waals surface area contributed by atoms with E-state index in [1.807, 2.05) is 36.1 Å². The summed E-state index contributed by atoms with van der Waals surface area (Å²) in [5.41, 5.74) is 2.27. The van der Waals surface area contributed by atoms with Crippen molar-refractivity contribution in [2.45, 2.75) is 26.1 Å². The van der Waals surface area contributed by atoms with Gasteiger partial charge >= 0.3 is 0 Å². The molecule has 1 aromatic heterocycles. The van der Waals surface area contributed by atoms with Crippen LogP contribution in [0.5, 0.6) is 11.5 Å². The number of nitrogens with zero attached hydrogens (tertiary/aromatic N) is 3. The van der Waals surface area contributed by atoms with Crippen molar-refractivity contribution in [2.75, 3.05) is 31.1 Å². The number of aryl methyl sites for hydroxylation is 1. The number of fused-ring (bicyclic) bond motifs is 2. The van der Waals surface area contributed by atoms with E-state index in [1.165, 1.54) is 10.3 Å². The van der Waals surface area contributed by atoms with E-state index >= 15 is 0 Å².